The summed E-state index contributed by atoms with van der Waals surface area (Å²) in [6, 6.07) is 0. The first kappa shape index (κ1) is 35.2. The molecule has 0 rings (SSSR count). The molecule has 0 heterocycles. The molecule has 0 aliphatic carbocycles. The zero-order chi connectivity index (χ0) is 15.7. The Bertz CT molecular complexity index is 330. The molecule has 0 unspecified atom stereocenters. The molecule has 0 fully saturated rings. The number of carbonyl (C=O) groups excluding carboxylic acids is 3. The van der Waals surface area contributed by atoms with Gasteiger partial charge in [0.25, 0.3) is 0 Å². The SMILES string of the molecule is O.O.O=C([O-])CN(CCN(CC(=O)[O-])CC(=O)O)CC(=O)[O-].[Ca+2].[Na+]. The fourth-order valence-electron chi connectivity index (χ4n) is 1.45. The van der Waals surface area contributed by atoms with Crippen molar-refractivity contribution >= 4 is 61.6 Å². The van der Waals surface area contributed by atoms with Crippen LogP contribution in [-0.4, -0.2) is 127 Å². The van der Waals surface area contributed by atoms with Crippen molar-refractivity contribution in [2.75, 3.05) is 39.3 Å². The molecule has 0 aromatic carbocycles. The van der Waals surface area contributed by atoms with E-state index in [4.69, 9.17) is 5.11 Å². The first-order chi connectivity index (χ1) is 9.20. The first-order valence-corrected chi connectivity index (χ1v) is 5.46. The van der Waals surface area contributed by atoms with E-state index in [0.29, 0.717) is 0 Å². The van der Waals surface area contributed by atoms with Crippen LogP contribution in [0.5, 0.6) is 0 Å². The van der Waals surface area contributed by atoms with Crippen LogP contribution in [0, 0.1) is 0 Å². The predicted octanol–water partition coefficient (Wildman–Crippen LogP) is -11.1. The maximum Gasteiger partial charge on any atom is 2.00 e. The molecule has 0 spiro atoms. The van der Waals surface area contributed by atoms with Gasteiger partial charge in [-0.1, -0.05) is 0 Å². The van der Waals surface area contributed by atoms with E-state index in [0.717, 1.165) is 9.80 Å². The summed E-state index contributed by atoms with van der Waals surface area (Å²) in [5.41, 5.74) is 0. The zero-order valence-corrected chi connectivity index (χ0v) is 17.4. The van der Waals surface area contributed by atoms with Crippen LogP contribution >= 0.6 is 0 Å². The van der Waals surface area contributed by atoms with Crippen molar-refractivity contribution in [3.8, 4) is 0 Å². The number of carboxylic acid groups (broad SMARTS) is 4. The molecular formula is C10H17CaN2NaO10. The number of nitrogens with zero attached hydrogens (tertiary/aromatic N) is 2. The third-order valence-electron chi connectivity index (χ3n) is 2.15. The van der Waals surface area contributed by atoms with Crippen LogP contribution in [0.3, 0.4) is 0 Å². The summed E-state index contributed by atoms with van der Waals surface area (Å²) in [6.45, 7) is -3.00. The molecule has 0 radical (unpaired) electrons. The average Bonchev–Trinajstić information content (AvgIpc) is 2.22. The van der Waals surface area contributed by atoms with Crippen molar-refractivity contribution in [1.82, 2.24) is 9.80 Å². The monoisotopic (exact) mass is 388 g/mol. The van der Waals surface area contributed by atoms with Gasteiger partial charge in [-0.2, -0.15) is 0 Å². The number of aliphatic carboxylic acids is 4. The van der Waals surface area contributed by atoms with Gasteiger partial charge in [0.2, 0.25) is 0 Å². The van der Waals surface area contributed by atoms with Gasteiger partial charge in [0.1, 0.15) is 0 Å². The molecule has 0 saturated heterocycles. The molecule has 0 aromatic heterocycles. The fraction of sp³-hybridized carbons (Fsp3) is 0.600. The Kier molecular flexibility index (Phi) is 28.3. The normalized spacial score (nSPS) is 8.92. The molecule has 130 valence electrons. The van der Waals surface area contributed by atoms with Crippen molar-refractivity contribution in [2.45, 2.75) is 0 Å². The Morgan fingerprint density at radius 2 is 0.958 bits per heavy atom. The molecule has 0 saturated carbocycles. The largest absolute Gasteiger partial charge is 2.00 e. The van der Waals surface area contributed by atoms with E-state index in [2.05, 4.69) is 0 Å². The second kappa shape index (κ2) is 19.3. The Morgan fingerprint density at radius 3 is 1.17 bits per heavy atom. The summed E-state index contributed by atoms with van der Waals surface area (Å²) in [6.07, 6.45) is 0. The van der Waals surface area contributed by atoms with Gasteiger partial charge in [-0.05, 0) is 0 Å². The Morgan fingerprint density at radius 1 is 0.708 bits per heavy atom. The third-order valence-corrected chi connectivity index (χ3v) is 2.15. The van der Waals surface area contributed by atoms with Gasteiger partial charge in [-0.15, -0.1) is 0 Å². The van der Waals surface area contributed by atoms with Crippen molar-refractivity contribution in [3.05, 3.63) is 0 Å². The Hall–Kier alpha value is -0.0203. The van der Waals surface area contributed by atoms with Crippen molar-refractivity contribution in [1.29, 1.82) is 0 Å². The van der Waals surface area contributed by atoms with E-state index in [1.807, 2.05) is 0 Å². The fourth-order valence-corrected chi connectivity index (χ4v) is 1.45. The van der Waals surface area contributed by atoms with Crippen molar-refractivity contribution in [3.63, 3.8) is 0 Å². The van der Waals surface area contributed by atoms with Gasteiger partial charge < -0.3 is 45.8 Å². The Balaban J connectivity index is -0.000000301. The summed E-state index contributed by atoms with van der Waals surface area (Å²) in [4.78, 5) is 43.7. The topological polar surface area (TPSA) is 227 Å². The van der Waals surface area contributed by atoms with Crippen LogP contribution in [0.15, 0.2) is 0 Å². The second-order valence-electron chi connectivity index (χ2n) is 3.93. The molecule has 14 heteroatoms. The first-order valence-electron chi connectivity index (χ1n) is 5.46. The molecule has 0 aromatic rings. The van der Waals surface area contributed by atoms with Crippen LogP contribution in [0.25, 0.3) is 0 Å². The van der Waals surface area contributed by atoms with Crippen LogP contribution < -0.4 is 44.9 Å². The van der Waals surface area contributed by atoms with Gasteiger partial charge in [-0.3, -0.25) is 14.6 Å². The quantitative estimate of drug-likeness (QED) is 0.328. The van der Waals surface area contributed by atoms with E-state index in [-0.39, 0.29) is 91.3 Å². The molecule has 0 bridgehead atoms. The van der Waals surface area contributed by atoms with E-state index in [1.165, 1.54) is 0 Å². The minimum absolute atomic E-state index is 0. The average molecular weight is 388 g/mol. The molecule has 0 aliphatic heterocycles. The van der Waals surface area contributed by atoms with Crippen LogP contribution in [0.1, 0.15) is 0 Å². The maximum atomic E-state index is 10.5. The van der Waals surface area contributed by atoms with E-state index in [1.54, 1.807) is 0 Å². The predicted molar refractivity (Wildman–Crippen MR) is 68.5 cm³/mol. The van der Waals surface area contributed by atoms with Gasteiger partial charge in [0.05, 0.1) is 24.5 Å². The van der Waals surface area contributed by atoms with E-state index >= 15 is 0 Å². The standard InChI is InChI=1S/C10H16N2O8.Ca.Na.2H2O/c13-7(14)3-11(4-8(15)16)1-2-12(5-9(17)18)6-10(19)20;;;;/h1-6H2,(H,13,14)(H,15,16)(H,17,18)(H,19,20);;;2*1H2/q;+2;+1;;/p-3. The van der Waals surface area contributed by atoms with Gasteiger partial charge in [0.15, 0.2) is 0 Å². The van der Waals surface area contributed by atoms with Crippen LogP contribution in [-0.2, 0) is 19.2 Å². The summed E-state index contributed by atoms with van der Waals surface area (Å²) in [5.74, 6) is -5.82. The number of hydrogen-bond donors (Lipinski definition) is 1. The van der Waals surface area contributed by atoms with Crippen molar-refractivity contribution in [2.24, 2.45) is 0 Å². The number of carbonyl (C=O) groups is 4. The van der Waals surface area contributed by atoms with E-state index < -0.39 is 50.1 Å². The molecule has 12 nitrogen and oxygen atoms in total. The second-order valence-corrected chi connectivity index (χ2v) is 3.93. The summed E-state index contributed by atoms with van der Waals surface area (Å²) in [5, 5.41) is 39.8. The minimum Gasteiger partial charge on any atom is -0.549 e. The molecule has 0 atom stereocenters. The zero-order valence-electron chi connectivity index (χ0n) is 13.1. The van der Waals surface area contributed by atoms with Gasteiger partial charge >= 0.3 is 73.3 Å². The molecular weight excluding hydrogens is 371 g/mol. The van der Waals surface area contributed by atoms with Gasteiger partial charge in [-0.25, -0.2) is 0 Å². The summed E-state index contributed by atoms with van der Waals surface area (Å²) < 4.78 is 0. The van der Waals surface area contributed by atoms with Crippen molar-refractivity contribution < 1.29 is 80.1 Å². The third kappa shape index (κ3) is 22.0. The summed E-state index contributed by atoms with van der Waals surface area (Å²) in [7, 11) is 0. The van der Waals surface area contributed by atoms with Crippen LogP contribution in [0.2, 0.25) is 0 Å². The van der Waals surface area contributed by atoms with E-state index in [9.17, 15) is 34.5 Å². The molecule has 5 N–H and O–H groups in total. The molecule has 0 amide bonds. The van der Waals surface area contributed by atoms with Crippen LogP contribution in [0.4, 0.5) is 0 Å². The number of hydrogen-bond acceptors (Lipinski definition) is 9. The molecule has 0 aliphatic rings. The molecule has 24 heavy (non-hydrogen) atoms. The Labute approximate surface area is 189 Å². The minimum atomic E-state index is -1.52. The number of rotatable bonds is 11. The number of carboxylic acids is 4. The maximum absolute atomic E-state index is 10.5. The smallest absolute Gasteiger partial charge is 0.549 e. The summed E-state index contributed by atoms with van der Waals surface area (Å²) >= 11 is 0. The van der Waals surface area contributed by atoms with Gasteiger partial charge in [0, 0.05) is 32.7 Å².